The maximum Gasteiger partial charge on any atom is 0.290 e. The average molecular weight is 309 g/mol. The van der Waals surface area contributed by atoms with Gasteiger partial charge in [0.2, 0.25) is 5.95 Å². The highest BCUT2D eigenvalue weighted by atomic mass is 79.9. The van der Waals surface area contributed by atoms with Crippen LogP contribution in [-0.2, 0) is 13.1 Å². The Bertz CT molecular complexity index is 625. The fourth-order valence-electron chi connectivity index (χ4n) is 1.90. The molecule has 0 fully saturated rings. The summed E-state index contributed by atoms with van der Waals surface area (Å²) >= 11 is 3.17. The molecule has 2 N–H and O–H groups in total. The number of hydrogen-bond acceptors (Lipinski definition) is 5. The van der Waals surface area contributed by atoms with E-state index in [2.05, 4.69) is 25.9 Å². The van der Waals surface area contributed by atoms with Crippen LogP contribution in [0.1, 0.15) is 21.8 Å². The van der Waals surface area contributed by atoms with Crippen LogP contribution in [-0.4, -0.2) is 20.8 Å². The van der Waals surface area contributed by atoms with Crippen LogP contribution in [0.4, 0.5) is 5.95 Å². The Morgan fingerprint density at radius 3 is 3.00 bits per heavy atom. The quantitative estimate of drug-likeness (QED) is 0.864. The van der Waals surface area contributed by atoms with E-state index in [1.165, 1.54) is 0 Å². The molecule has 0 saturated heterocycles. The standard InChI is InChI=1S/C11H9BrN4O2/c12-9-2-1-8(18-9)10(17)16-4-6-3-14-11(13)15-7(6)5-16/h1-3H,4-5H2,(H2,13,14,15). The third-order valence-electron chi connectivity index (χ3n) is 2.75. The van der Waals surface area contributed by atoms with Gasteiger partial charge in [-0.3, -0.25) is 4.79 Å². The number of halogens is 1. The smallest absolute Gasteiger partial charge is 0.290 e. The van der Waals surface area contributed by atoms with Gasteiger partial charge < -0.3 is 15.1 Å². The molecule has 0 spiro atoms. The number of nitrogen functional groups attached to an aromatic ring is 1. The van der Waals surface area contributed by atoms with Crippen molar-refractivity contribution in [3.63, 3.8) is 0 Å². The molecule has 0 unspecified atom stereocenters. The third kappa shape index (κ3) is 1.86. The number of hydrogen-bond donors (Lipinski definition) is 1. The molecule has 0 aliphatic carbocycles. The van der Waals surface area contributed by atoms with Crippen molar-refractivity contribution in [3.8, 4) is 0 Å². The number of anilines is 1. The largest absolute Gasteiger partial charge is 0.444 e. The maximum atomic E-state index is 12.1. The Kier molecular flexibility index (Phi) is 2.55. The number of furan rings is 1. The van der Waals surface area contributed by atoms with Crippen molar-refractivity contribution in [3.05, 3.63) is 40.0 Å². The molecule has 92 valence electrons. The summed E-state index contributed by atoms with van der Waals surface area (Å²) in [5.74, 6) is 0.358. The Balaban J connectivity index is 1.83. The molecular formula is C11H9BrN4O2. The van der Waals surface area contributed by atoms with E-state index in [-0.39, 0.29) is 11.9 Å². The van der Waals surface area contributed by atoms with Crippen molar-refractivity contribution >= 4 is 27.8 Å². The van der Waals surface area contributed by atoms with E-state index in [0.717, 1.165) is 11.3 Å². The summed E-state index contributed by atoms with van der Waals surface area (Å²) in [6, 6.07) is 3.32. The van der Waals surface area contributed by atoms with Crippen LogP contribution in [0.3, 0.4) is 0 Å². The van der Waals surface area contributed by atoms with Gasteiger partial charge in [-0.2, -0.15) is 0 Å². The molecule has 2 aromatic rings. The lowest BCUT2D eigenvalue weighted by atomic mass is 10.3. The number of amides is 1. The third-order valence-corrected chi connectivity index (χ3v) is 3.17. The van der Waals surface area contributed by atoms with Crippen molar-refractivity contribution in [1.29, 1.82) is 0 Å². The maximum absolute atomic E-state index is 12.1. The molecule has 7 heteroatoms. The van der Waals surface area contributed by atoms with Gasteiger partial charge in [0.15, 0.2) is 10.4 Å². The zero-order chi connectivity index (χ0) is 12.7. The molecule has 0 saturated carbocycles. The van der Waals surface area contributed by atoms with Crippen molar-refractivity contribution in [2.75, 3.05) is 5.73 Å². The lowest BCUT2D eigenvalue weighted by Crippen LogP contribution is -2.24. The molecule has 3 rings (SSSR count). The summed E-state index contributed by atoms with van der Waals surface area (Å²) in [5.41, 5.74) is 7.23. The Hall–Kier alpha value is -1.89. The lowest BCUT2D eigenvalue weighted by Gasteiger charge is -2.12. The highest BCUT2D eigenvalue weighted by molar-refractivity contribution is 9.10. The molecule has 0 aromatic carbocycles. The summed E-state index contributed by atoms with van der Waals surface area (Å²) in [6.07, 6.45) is 1.66. The van der Waals surface area contributed by atoms with Gasteiger partial charge in [-0.15, -0.1) is 0 Å². The van der Waals surface area contributed by atoms with E-state index in [4.69, 9.17) is 10.2 Å². The summed E-state index contributed by atoms with van der Waals surface area (Å²) in [4.78, 5) is 21.8. The second-order valence-electron chi connectivity index (χ2n) is 3.97. The second-order valence-corrected chi connectivity index (χ2v) is 4.75. The van der Waals surface area contributed by atoms with E-state index >= 15 is 0 Å². The number of rotatable bonds is 1. The minimum Gasteiger partial charge on any atom is -0.444 e. The van der Waals surface area contributed by atoms with Gasteiger partial charge in [0, 0.05) is 18.3 Å². The Labute approximate surface area is 111 Å². The van der Waals surface area contributed by atoms with Crippen molar-refractivity contribution < 1.29 is 9.21 Å². The zero-order valence-corrected chi connectivity index (χ0v) is 10.8. The number of nitrogens with zero attached hydrogens (tertiary/aromatic N) is 3. The second kappa shape index (κ2) is 4.09. The van der Waals surface area contributed by atoms with Crippen LogP contribution in [0.25, 0.3) is 0 Å². The summed E-state index contributed by atoms with van der Waals surface area (Å²) < 4.78 is 5.78. The highest BCUT2D eigenvalue weighted by Gasteiger charge is 2.27. The van der Waals surface area contributed by atoms with E-state index in [1.54, 1.807) is 23.2 Å². The number of nitrogens with two attached hydrogens (primary N) is 1. The molecule has 18 heavy (non-hydrogen) atoms. The van der Waals surface area contributed by atoms with Gasteiger partial charge in [0.1, 0.15) is 0 Å². The van der Waals surface area contributed by atoms with Crippen LogP contribution in [0.2, 0.25) is 0 Å². The predicted octanol–water partition coefficient (Wildman–Crippen LogP) is 1.57. The molecular weight excluding hydrogens is 300 g/mol. The van der Waals surface area contributed by atoms with Crippen LogP contribution < -0.4 is 5.73 Å². The monoisotopic (exact) mass is 308 g/mol. The molecule has 1 aliphatic heterocycles. The van der Waals surface area contributed by atoms with Gasteiger partial charge in [0.25, 0.3) is 5.91 Å². The number of carbonyl (C=O) groups is 1. The minimum atomic E-state index is -0.169. The van der Waals surface area contributed by atoms with Crippen LogP contribution in [0.15, 0.2) is 27.4 Å². The summed E-state index contributed by atoms with van der Waals surface area (Å²) in [5, 5.41) is 0. The normalized spacial score (nSPS) is 13.7. The van der Waals surface area contributed by atoms with Gasteiger partial charge in [-0.25, -0.2) is 9.97 Å². The number of aromatic nitrogens is 2. The minimum absolute atomic E-state index is 0.169. The van der Waals surface area contributed by atoms with E-state index in [0.29, 0.717) is 23.5 Å². The fraction of sp³-hybridized carbons (Fsp3) is 0.182. The molecule has 0 atom stereocenters. The van der Waals surface area contributed by atoms with Crippen LogP contribution in [0.5, 0.6) is 0 Å². The Morgan fingerprint density at radius 1 is 1.44 bits per heavy atom. The topological polar surface area (TPSA) is 85.2 Å². The molecule has 3 heterocycles. The number of fused-ring (bicyclic) bond motifs is 1. The SMILES string of the molecule is Nc1ncc2c(n1)CN(C(=O)c1ccc(Br)o1)C2. The van der Waals surface area contributed by atoms with Crippen LogP contribution in [0, 0.1) is 0 Å². The molecule has 0 bridgehead atoms. The van der Waals surface area contributed by atoms with E-state index < -0.39 is 0 Å². The fourth-order valence-corrected chi connectivity index (χ4v) is 2.20. The van der Waals surface area contributed by atoms with Crippen molar-refractivity contribution in [2.24, 2.45) is 0 Å². The first-order valence-corrected chi connectivity index (χ1v) is 6.07. The predicted molar refractivity (Wildman–Crippen MR) is 66.4 cm³/mol. The first-order chi connectivity index (χ1) is 8.63. The molecule has 1 aliphatic rings. The van der Waals surface area contributed by atoms with Gasteiger partial charge in [-0.05, 0) is 28.1 Å². The first kappa shape index (κ1) is 11.2. The van der Waals surface area contributed by atoms with Crippen LogP contribution >= 0.6 is 15.9 Å². The van der Waals surface area contributed by atoms with Gasteiger partial charge >= 0.3 is 0 Å². The zero-order valence-electron chi connectivity index (χ0n) is 9.26. The van der Waals surface area contributed by atoms with Crippen molar-refractivity contribution in [1.82, 2.24) is 14.9 Å². The molecule has 2 aromatic heterocycles. The number of carbonyl (C=O) groups excluding carboxylic acids is 1. The first-order valence-electron chi connectivity index (χ1n) is 5.28. The molecule has 6 nitrogen and oxygen atoms in total. The van der Waals surface area contributed by atoms with E-state index in [9.17, 15) is 4.79 Å². The molecule has 0 radical (unpaired) electrons. The molecule has 1 amide bonds. The lowest BCUT2D eigenvalue weighted by molar-refractivity contribution is 0.0717. The average Bonchev–Trinajstić information content (AvgIpc) is 2.93. The summed E-state index contributed by atoms with van der Waals surface area (Å²) in [6.45, 7) is 0.909. The van der Waals surface area contributed by atoms with Crippen molar-refractivity contribution in [2.45, 2.75) is 13.1 Å². The van der Waals surface area contributed by atoms with E-state index in [1.807, 2.05) is 0 Å². The highest BCUT2D eigenvalue weighted by Crippen LogP contribution is 2.24. The van der Waals surface area contributed by atoms with Gasteiger partial charge in [-0.1, -0.05) is 0 Å². The Morgan fingerprint density at radius 2 is 2.28 bits per heavy atom. The van der Waals surface area contributed by atoms with Gasteiger partial charge in [0.05, 0.1) is 12.2 Å². The summed E-state index contributed by atoms with van der Waals surface area (Å²) in [7, 11) is 0.